The molecular formula is C21H26N4O3. The van der Waals surface area contributed by atoms with Gasteiger partial charge in [-0.3, -0.25) is 9.59 Å². The third kappa shape index (κ3) is 7.11. The summed E-state index contributed by atoms with van der Waals surface area (Å²) < 4.78 is 5.30. The van der Waals surface area contributed by atoms with Gasteiger partial charge < -0.3 is 15.0 Å². The number of benzene rings is 2. The Morgan fingerprint density at radius 2 is 1.68 bits per heavy atom. The van der Waals surface area contributed by atoms with Gasteiger partial charge in [-0.2, -0.15) is 5.10 Å². The van der Waals surface area contributed by atoms with Gasteiger partial charge in [-0.1, -0.05) is 30.3 Å². The Bertz CT molecular complexity index is 772. The lowest BCUT2D eigenvalue weighted by Gasteiger charge is -2.20. The number of nitrogens with zero attached hydrogens (tertiary/aromatic N) is 2. The van der Waals surface area contributed by atoms with E-state index < -0.39 is 5.91 Å². The highest BCUT2D eigenvalue weighted by Gasteiger charge is 2.06. The molecule has 0 fully saturated rings. The highest BCUT2D eigenvalue weighted by atomic mass is 16.5. The number of carbonyl (C=O) groups is 2. The van der Waals surface area contributed by atoms with Gasteiger partial charge in [0.15, 0.2) is 6.61 Å². The summed E-state index contributed by atoms with van der Waals surface area (Å²) in [5, 5.41) is 6.39. The van der Waals surface area contributed by atoms with Crippen molar-refractivity contribution in [2.75, 3.05) is 31.1 Å². The Kier molecular flexibility index (Phi) is 8.52. The van der Waals surface area contributed by atoms with Crippen LogP contribution in [-0.2, 0) is 9.59 Å². The molecule has 0 heterocycles. The summed E-state index contributed by atoms with van der Waals surface area (Å²) >= 11 is 0. The number of hydrogen-bond acceptors (Lipinski definition) is 5. The molecule has 2 aromatic rings. The van der Waals surface area contributed by atoms with Crippen LogP contribution in [0.4, 0.5) is 5.69 Å². The zero-order valence-electron chi connectivity index (χ0n) is 16.2. The summed E-state index contributed by atoms with van der Waals surface area (Å²) in [7, 11) is 0. The van der Waals surface area contributed by atoms with E-state index in [-0.39, 0.29) is 19.1 Å². The standard InChI is InChI=1S/C21H26N4O3/c1-3-25(4-2)18-12-10-17(11-13-18)14-23-24-20(26)15-22-21(27)16-28-19-8-6-5-7-9-19/h5-14H,3-4,15-16H2,1-2H3,(H,22,27)(H,24,26)/b23-14+. The molecule has 0 aromatic heterocycles. The molecule has 7 nitrogen and oxygen atoms in total. The van der Waals surface area contributed by atoms with E-state index in [9.17, 15) is 9.59 Å². The number of carbonyl (C=O) groups excluding carboxylic acids is 2. The van der Waals surface area contributed by atoms with Gasteiger partial charge in [0.1, 0.15) is 5.75 Å². The first-order valence-electron chi connectivity index (χ1n) is 9.23. The van der Waals surface area contributed by atoms with Crippen molar-refractivity contribution in [3.8, 4) is 5.75 Å². The molecule has 0 unspecified atom stereocenters. The molecule has 0 saturated heterocycles. The molecule has 2 rings (SSSR count). The van der Waals surface area contributed by atoms with Crippen molar-refractivity contribution in [2.45, 2.75) is 13.8 Å². The number of amides is 2. The van der Waals surface area contributed by atoms with Crippen LogP contribution in [0.15, 0.2) is 59.7 Å². The van der Waals surface area contributed by atoms with Crippen LogP contribution in [0.5, 0.6) is 5.75 Å². The number of hydrogen-bond donors (Lipinski definition) is 2. The lowest BCUT2D eigenvalue weighted by Crippen LogP contribution is -2.37. The van der Waals surface area contributed by atoms with Gasteiger partial charge in [0.05, 0.1) is 12.8 Å². The summed E-state index contributed by atoms with van der Waals surface area (Å²) in [5.74, 6) is -0.197. The minimum absolute atomic E-state index is 0.153. The maximum atomic E-state index is 11.7. The second kappa shape index (κ2) is 11.4. The van der Waals surface area contributed by atoms with Crippen molar-refractivity contribution in [3.63, 3.8) is 0 Å². The third-order valence-electron chi connectivity index (χ3n) is 3.98. The number of para-hydroxylation sites is 1. The van der Waals surface area contributed by atoms with E-state index >= 15 is 0 Å². The Balaban J connectivity index is 1.69. The maximum absolute atomic E-state index is 11.7. The van der Waals surface area contributed by atoms with Crippen LogP contribution in [0.1, 0.15) is 19.4 Å². The van der Waals surface area contributed by atoms with Crippen LogP contribution in [0.25, 0.3) is 0 Å². The average Bonchev–Trinajstić information content (AvgIpc) is 2.73. The maximum Gasteiger partial charge on any atom is 0.259 e. The SMILES string of the molecule is CCN(CC)c1ccc(/C=N/NC(=O)CNC(=O)COc2ccccc2)cc1. The highest BCUT2D eigenvalue weighted by molar-refractivity contribution is 5.86. The van der Waals surface area contributed by atoms with Crippen molar-refractivity contribution in [1.29, 1.82) is 0 Å². The molecule has 0 aliphatic rings. The first-order chi connectivity index (χ1) is 13.6. The molecule has 0 saturated carbocycles. The molecule has 0 atom stereocenters. The van der Waals surface area contributed by atoms with E-state index in [4.69, 9.17) is 4.74 Å². The molecule has 0 aliphatic heterocycles. The lowest BCUT2D eigenvalue weighted by atomic mass is 10.2. The number of anilines is 1. The number of nitrogens with one attached hydrogen (secondary N) is 2. The molecule has 2 aromatic carbocycles. The van der Waals surface area contributed by atoms with Crippen molar-refractivity contribution in [2.24, 2.45) is 5.10 Å². The monoisotopic (exact) mass is 382 g/mol. The lowest BCUT2D eigenvalue weighted by molar-refractivity contribution is -0.127. The average molecular weight is 382 g/mol. The summed E-state index contributed by atoms with van der Waals surface area (Å²) in [6.07, 6.45) is 1.56. The van der Waals surface area contributed by atoms with E-state index in [1.165, 1.54) is 0 Å². The van der Waals surface area contributed by atoms with Crippen LogP contribution in [0.3, 0.4) is 0 Å². The minimum atomic E-state index is -0.413. The number of rotatable bonds is 10. The van der Waals surface area contributed by atoms with Gasteiger partial charge in [0.25, 0.3) is 11.8 Å². The molecule has 0 radical (unpaired) electrons. The molecule has 2 N–H and O–H groups in total. The summed E-state index contributed by atoms with van der Waals surface area (Å²) in [6.45, 7) is 5.79. The molecule has 148 valence electrons. The van der Waals surface area contributed by atoms with Crippen LogP contribution >= 0.6 is 0 Å². The molecular weight excluding hydrogens is 356 g/mol. The largest absolute Gasteiger partial charge is 0.484 e. The van der Waals surface area contributed by atoms with Gasteiger partial charge in [0, 0.05) is 18.8 Å². The van der Waals surface area contributed by atoms with Crippen molar-refractivity contribution >= 4 is 23.7 Å². The molecule has 0 aliphatic carbocycles. The Labute approximate surface area is 165 Å². The molecule has 0 spiro atoms. The first kappa shape index (κ1) is 21.0. The smallest absolute Gasteiger partial charge is 0.259 e. The molecule has 0 bridgehead atoms. The van der Waals surface area contributed by atoms with E-state index in [1.807, 2.05) is 42.5 Å². The second-order valence-corrected chi connectivity index (χ2v) is 5.94. The Hall–Kier alpha value is -3.35. The fraction of sp³-hybridized carbons (Fsp3) is 0.286. The highest BCUT2D eigenvalue weighted by Crippen LogP contribution is 2.13. The Morgan fingerprint density at radius 1 is 1.00 bits per heavy atom. The third-order valence-corrected chi connectivity index (χ3v) is 3.98. The molecule has 28 heavy (non-hydrogen) atoms. The fourth-order valence-corrected chi connectivity index (χ4v) is 2.47. The van der Waals surface area contributed by atoms with Crippen LogP contribution in [-0.4, -0.2) is 44.3 Å². The fourth-order valence-electron chi connectivity index (χ4n) is 2.47. The van der Waals surface area contributed by atoms with Gasteiger partial charge in [0.2, 0.25) is 0 Å². The summed E-state index contributed by atoms with van der Waals surface area (Å²) in [6, 6.07) is 16.9. The van der Waals surface area contributed by atoms with Crippen LogP contribution < -0.4 is 20.4 Å². The van der Waals surface area contributed by atoms with Gasteiger partial charge >= 0.3 is 0 Å². The van der Waals surface area contributed by atoms with E-state index in [0.29, 0.717) is 5.75 Å². The molecule has 2 amide bonds. The van der Waals surface area contributed by atoms with E-state index in [1.54, 1.807) is 18.3 Å². The molecule has 7 heteroatoms. The number of hydrazone groups is 1. The Morgan fingerprint density at radius 3 is 2.32 bits per heavy atom. The van der Waals surface area contributed by atoms with E-state index in [2.05, 4.69) is 34.6 Å². The van der Waals surface area contributed by atoms with Crippen LogP contribution in [0, 0.1) is 0 Å². The normalized spacial score (nSPS) is 10.5. The van der Waals surface area contributed by atoms with Gasteiger partial charge in [-0.25, -0.2) is 5.43 Å². The summed E-state index contributed by atoms with van der Waals surface area (Å²) in [5.41, 5.74) is 4.40. The second-order valence-electron chi connectivity index (χ2n) is 5.94. The van der Waals surface area contributed by atoms with E-state index in [0.717, 1.165) is 24.3 Å². The zero-order valence-corrected chi connectivity index (χ0v) is 16.2. The quantitative estimate of drug-likeness (QED) is 0.487. The van der Waals surface area contributed by atoms with Crippen molar-refractivity contribution in [1.82, 2.24) is 10.7 Å². The van der Waals surface area contributed by atoms with Gasteiger partial charge in [-0.05, 0) is 43.7 Å². The zero-order chi connectivity index (χ0) is 20.2. The van der Waals surface area contributed by atoms with Crippen molar-refractivity contribution in [3.05, 3.63) is 60.2 Å². The predicted octanol–water partition coefficient (Wildman–Crippen LogP) is 2.18. The minimum Gasteiger partial charge on any atom is -0.484 e. The topological polar surface area (TPSA) is 83.0 Å². The first-order valence-corrected chi connectivity index (χ1v) is 9.23. The summed E-state index contributed by atoms with van der Waals surface area (Å²) in [4.78, 5) is 25.7. The van der Waals surface area contributed by atoms with Crippen molar-refractivity contribution < 1.29 is 14.3 Å². The predicted molar refractivity (Wildman–Crippen MR) is 111 cm³/mol. The van der Waals surface area contributed by atoms with Crippen LogP contribution in [0.2, 0.25) is 0 Å². The number of ether oxygens (including phenoxy) is 1. The van der Waals surface area contributed by atoms with Gasteiger partial charge in [-0.15, -0.1) is 0 Å².